The van der Waals surface area contributed by atoms with Crippen LogP contribution >= 0.6 is 11.3 Å². The van der Waals surface area contributed by atoms with E-state index in [0.29, 0.717) is 0 Å². The first-order chi connectivity index (χ1) is 10.2. The monoisotopic (exact) mass is 298 g/mol. The second-order valence-electron chi connectivity index (χ2n) is 5.00. The van der Waals surface area contributed by atoms with E-state index < -0.39 is 0 Å². The highest BCUT2D eigenvalue weighted by Gasteiger charge is 2.04. The topological polar surface area (TPSA) is 42.7 Å². The number of nitrogens with zero attached hydrogens (tertiary/aromatic N) is 3. The Hall–Kier alpha value is -2.14. The number of aryl methyl sites for hydroxylation is 2. The van der Waals surface area contributed by atoms with Crippen LogP contribution in [0.25, 0.3) is 0 Å². The van der Waals surface area contributed by atoms with Crippen molar-refractivity contribution in [3.8, 4) is 0 Å². The molecule has 1 aromatic carbocycles. The first-order valence-corrected chi connectivity index (χ1v) is 7.75. The summed E-state index contributed by atoms with van der Waals surface area (Å²) < 4.78 is 1.93. The van der Waals surface area contributed by atoms with E-state index in [9.17, 15) is 0 Å². The lowest BCUT2D eigenvalue weighted by atomic mass is 10.2. The van der Waals surface area contributed by atoms with E-state index in [0.717, 1.165) is 29.5 Å². The Balaban J connectivity index is 1.67. The Labute approximate surface area is 128 Å². The van der Waals surface area contributed by atoms with Crippen molar-refractivity contribution in [3.63, 3.8) is 0 Å². The first-order valence-electron chi connectivity index (χ1n) is 6.94. The predicted molar refractivity (Wildman–Crippen MR) is 86.7 cm³/mol. The Morgan fingerprint density at radius 1 is 1.24 bits per heavy atom. The van der Waals surface area contributed by atoms with Gasteiger partial charge in [-0.1, -0.05) is 12.1 Å². The number of thiazole rings is 1. The van der Waals surface area contributed by atoms with Crippen molar-refractivity contribution in [2.75, 3.05) is 5.32 Å². The number of rotatable bonds is 5. The second kappa shape index (κ2) is 6.10. The second-order valence-corrected chi connectivity index (χ2v) is 6.29. The summed E-state index contributed by atoms with van der Waals surface area (Å²) in [4.78, 5) is 5.75. The summed E-state index contributed by atoms with van der Waals surface area (Å²) >= 11 is 1.75. The van der Waals surface area contributed by atoms with Crippen LogP contribution in [-0.2, 0) is 13.1 Å². The lowest BCUT2D eigenvalue weighted by Crippen LogP contribution is -2.02. The highest BCUT2D eigenvalue weighted by Crippen LogP contribution is 2.19. The minimum absolute atomic E-state index is 0.793. The van der Waals surface area contributed by atoms with Crippen LogP contribution in [0.3, 0.4) is 0 Å². The zero-order valence-electron chi connectivity index (χ0n) is 12.2. The van der Waals surface area contributed by atoms with Gasteiger partial charge in [0.15, 0.2) is 0 Å². The number of aromatic nitrogens is 3. The van der Waals surface area contributed by atoms with Gasteiger partial charge in [0.05, 0.1) is 23.8 Å². The summed E-state index contributed by atoms with van der Waals surface area (Å²) in [7, 11) is 0. The van der Waals surface area contributed by atoms with E-state index in [4.69, 9.17) is 0 Å². The van der Waals surface area contributed by atoms with Crippen LogP contribution < -0.4 is 5.32 Å². The van der Waals surface area contributed by atoms with E-state index in [1.165, 1.54) is 10.4 Å². The lowest BCUT2D eigenvalue weighted by Gasteiger charge is -2.08. The standard InChI is InChI=1S/C16H18N4S/c1-12-16(21-13(2)19-12)10-17-15-6-3-5-14(9-15)11-20-8-4-7-18-20/h3-9,17H,10-11H2,1-2H3. The van der Waals surface area contributed by atoms with Gasteiger partial charge < -0.3 is 5.32 Å². The average molecular weight is 298 g/mol. The molecule has 0 fully saturated rings. The maximum Gasteiger partial charge on any atom is 0.0900 e. The van der Waals surface area contributed by atoms with Crippen molar-refractivity contribution in [2.24, 2.45) is 0 Å². The highest BCUT2D eigenvalue weighted by atomic mass is 32.1. The molecule has 0 saturated carbocycles. The molecule has 5 heteroatoms. The normalized spacial score (nSPS) is 10.8. The number of hydrogen-bond acceptors (Lipinski definition) is 4. The fourth-order valence-corrected chi connectivity index (χ4v) is 3.16. The van der Waals surface area contributed by atoms with E-state index in [1.54, 1.807) is 17.5 Å². The van der Waals surface area contributed by atoms with Crippen LogP contribution in [0, 0.1) is 13.8 Å². The maximum atomic E-state index is 4.46. The van der Waals surface area contributed by atoms with Crippen LogP contribution in [0.15, 0.2) is 42.7 Å². The van der Waals surface area contributed by atoms with Gasteiger partial charge in [0.2, 0.25) is 0 Å². The molecule has 0 bridgehead atoms. The Kier molecular flexibility index (Phi) is 4.01. The van der Waals surface area contributed by atoms with Gasteiger partial charge >= 0.3 is 0 Å². The molecular formula is C16H18N4S. The van der Waals surface area contributed by atoms with Crippen molar-refractivity contribution < 1.29 is 0 Å². The van der Waals surface area contributed by atoms with Crippen molar-refractivity contribution in [2.45, 2.75) is 26.9 Å². The lowest BCUT2D eigenvalue weighted by molar-refractivity contribution is 0.687. The molecule has 3 rings (SSSR count). The fraction of sp³-hybridized carbons (Fsp3) is 0.250. The van der Waals surface area contributed by atoms with E-state index in [2.05, 4.69) is 46.6 Å². The average Bonchev–Trinajstić information content (AvgIpc) is 3.07. The van der Waals surface area contributed by atoms with Gasteiger partial charge in [-0.25, -0.2) is 4.98 Å². The highest BCUT2D eigenvalue weighted by molar-refractivity contribution is 7.11. The summed E-state index contributed by atoms with van der Waals surface area (Å²) in [5.74, 6) is 0. The molecule has 3 aromatic rings. The van der Waals surface area contributed by atoms with Gasteiger partial charge in [0.1, 0.15) is 0 Å². The van der Waals surface area contributed by atoms with Gasteiger partial charge in [-0.2, -0.15) is 5.10 Å². The van der Waals surface area contributed by atoms with Crippen LogP contribution in [0.1, 0.15) is 21.1 Å². The molecule has 0 unspecified atom stereocenters. The van der Waals surface area contributed by atoms with Gasteiger partial charge in [0.25, 0.3) is 0 Å². The van der Waals surface area contributed by atoms with Gasteiger partial charge in [0, 0.05) is 23.0 Å². The van der Waals surface area contributed by atoms with Crippen LogP contribution in [0.5, 0.6) is 0 Å². The van der Waals surface area contributed by atoms with Gasteiger partial charge in [-0.15, -0.1) is 11.3 Å². The molecule has 0 amide bonds. The number of anilines is 1. The molecule has 0 aliphatic rings. The van der Waals surface area contributed by atoms with Crippen LogP contribution in [0.4, 0.5) is 5.69 Å². The largest absolute Gasteiger partial charge is 0.380 e. The molecule has 0 spiro atoms. The molecule has 0 radical (unpaired) electrons. The summed E-state index contributed by atoms with van der Waals surface area (Å²) in [5.41, 5.74) is 3.49. The van der Waals surface area contributed by atoms with Crippen LogP contribution in [0.2, 0.25) is 0 Å². The van der Waals surface area contributed by atoms with E-state index in [-0.39, 0.29) is 0 Å². The molecule has 108 valence electrons. The molecule has 0 aliphatic carbocycles. The fourth-order valence-electron chi connectivity index (χ4n) is 2.28. The van der Waals surface area contributed by atoms with Crippen LogP contribution in [-0.4, -0.2) is 14.8 Å². The third-order valence-corrected chi connectivity index (χ3v) is 4.36. The van der Waals surface area contributed by atoms with E-state index >= 15 is 0 Å². The van der Waals surface area contributed by atoms with Crippen molar-refractivity contribution in [1.82, 2.24) is 14.8 Å². The zero-order chi connectivity index (χ0) is 14.7. The maximum absolute atomic E-state index is 4.46. The smallest absolute Gasteiger partial charge is 0.0900 e. The van der Waals surface area contributed by atoms with Gasteiger partial charge in [-0.3, -0.25) is 4.68 Å². The van der Waals surface area contributed by atoms with E-state index in [1.807, 2.05) is 23.9 Å². The summed E-state index contributed by atoms with van der Waals surface area (Å²) in [6, 6.07) is 10.4. The summed E-state index contributed by atoms with van der Waals surface area (Å²) in [6.07, 6.45) is 3.78. The van der Waals surface area contributed by atoms with Crippen molar-refractivity contribution in [3.05, 3.63) is 63.9 Å². The Bertz CT molecular complexity index is 716. The predicted octanol–water partition coefficient (Wildman–Crippen LogP) is 3.62. The minimum Gasteiger partial charge on any atom is -0.380 e. The summed E-state index contributed by atoms with van der Waals surface area (Å²) in [5, 5.41) is 8.84. The molecule has 2 aromatic heterocycles. The molecule has 0 saturated heterocycles. The third kappa shape index (κ3) is 3.49. The summed E-state index contributed by atoms with van der Waals surface area (Å²) in [6.45, 7) is 5.73. The molecule has 2 heterocycles. The van der Waals surface area contributed by atoms with Crippen molar-refractivity contribution in [1.29, 1.82) is 0 Å². The molecule has 4 nitrogen and oxygen atoms in total. The quantitative estimate of drug-likeness (QED) is 0.782. The zero-order valence-corrected chi connectivity index (χ0v) is 13.0. The van der Waals surface area contributed by atoms with Gasteiger partial charge in [-0.05, 0) is 37.6 Å². The number of hydrogen-bond donors (Lipinski definition) is 1. The Morgan fingerprint density at radius 2 is 2.14 bits per heavy atom. The molecule has 0 aliphatic heterocycles. The third-order valence-electron chi connectivity index (χ3n) is 3.28. The number of nitrogens with one attached hydrogen (secondary N) is 1. The molecule has 21 heavy (non-hydrogen) atoms. The van der Waals surface area contributed by atoms with Crippen molar-refractivity contribution >= 4 is 17.0 Å². The SMILES string of the molecule is Cc1nc(C)c(CNc2cccc(Cn3cccn3)c2)s1. The Morgan fingerprint density at radius 3 is 2.86 bits per heavy atom. The first kappa shape index (κ1) is 13.8. The minimum atomic E-state index is 0.793. The molecule has 0 atom stereocenters. The number of benzene rings is 1. The molecular weight excluding hydrogens is 280 g/mol. The molecule has 1 N–H and O–H groups in total.